The Labute approximate surface area is 232 Å². The van der Waals surface area contributed by atoms with Crippen LogP contribution >= 0.6 is 23.2 Å². The number of aryl methyl sites for hydroxylation is 1. The highest BCUT2D eigenvalue weighted by Crippen LogP contribution is 2.69. The molecular weight excluding hydrogens is 519 g/mol. The number of benzene rings is 3. The molecule has 3 aliphatic carbocycles. The molecule has 0 spiro atoms. The Bertz CT molecular complexity index is 1380. The second-order valence-electron chi connectivity index (χ2n) is 10.7. The third-order valence-electron chi connectivity index (χ3n) is 8.45. The number of halogens is 2. The molecule has 3 atom stereocenters. The first-order valence-electron chi connectivity index (χ1n) is 13.0. The van der Waals surface area contributed by atoms with E-state index in [0.29, 0.717) is 5.69 Å². The summed E-state index contributed by atoms with van der Waals surface area (Å²) < 4.78 is 0. The van der Waals surface area contributed by atoms with Crippen molar-refractivity contribution in [1.82, 2.24) is 4.90 Å². The number of amides is 3. The van der Waals surface area contributed by atoms with E-state index >= 15 is 0 Å². The molecule has 194 valence electrons. The first kappa shape index (κ1) is 25.1. The molecule has 1 aliphatic heterocycles. The van der Waals surface area contributed by atoms with Crippen LogP contribution < -0.4 is 5.32 Å². The van der Waals surface area contributed by atoms with Gasteiger partial charge >= 0.3 is 0 Å². The van der Waals surface area contributed by atoms with Gasteiger partial charge in [0.15, 0.2) is 0 Å². The minimum absolute atomic E-state index is 0.336. The van der Waals surface area contributed by atoms with E-state index in [9.17, 15) is 14.4 Å². The molecule has 3 amide bonds. The molecular formula is C31H28Cl2N2O3. The SMILES string of the molecule is CCc1ccccc1NC(=O)[C@H](C(C)C)N1C(=O)[C@@H]2[C@@H](C1=O)C1(Cl)c3ccccc3C2(Cl)c2ccccc21. The zero-order valence-electron chi connectivity index (χ0n) is 21.4. The lowest BCUT2D eigenvalue weighted by atomic mass is 9.54. The molecule has 0 saturated carbocycles. The molecule has 5 nitrogen and oxygen atoms in total. The number of carbonyl (C=O) groups excluding carboxylic acids is 3. The quantitative estimate of drug-likeness (QED) is 0.324. The van der Waals surface area contributed by atoms with E-state index in [2.05, 4.69) is 5.32 Å². The van der Waals surface area contributed by atoms with E-state index in [4.69, 9.17) is 23.2 Å². The second kappa shape index (κ2) is 8.69. The molecule has 0 radical (unpaired) electrons. The van der Waals surface area contributed by atoms with Crippen LogP contribution in [-0.2, 0) is 30.6 Å². The van der Waals surface area contributed by atoms with Crippen molar-refractivity contribution in [2.75, 3.05) is 5.32 Å². The van der Waals surface area contributed by atoms with Crippen molar-refractivity contribution in [3.8, 4) is 0 Å². The fourth-order valence-electron chi connectivity index (χ4n) is 6.84. The number of nitrogens with zero attached hydrogens (tertiary/aromatic N) is 1. The van der Waals surface area contributed by atoms with Crippen LogP contribution in [0.15, 0.2) is 72.8 Å². The van der Waals surface area contributed by atoms with Gasteiger partial charge in [0.2, 0.25) is 17.7 Å². The first-order valence-corrected chi connectivity index (χ1v) is 13.8. The smallest absolute Gasteiger partial charge is 0.247 e. The van der Waals surface area contributed by atoms with Gasteiger partial charge in [0.05, 0.1) is 11.8 Å². The van der Waals surface area contributed by atoms with Gasteiger partial charge in [-0.05, 0) is 46.2 Å². The number of anilines is 1. The van der Waals surface area contributed by atoms with Crippen LogP contribution in [0, 0.1) is 17.8 Å². The van der Waals surface area contributed by atoms with Gasteiger partial charge in [-0.15, -0.1) is 23.2 Å². The van der Waals surface area contributed by atoms with E-state index in [1.807, 2.05) is 93.6 Å². The molecule has 1 fully saturated rings. The summed E-state index contributed by atoms with van der Waals surface area (Å²) in [7, 11) is 0. The van der Waals surface area contributed by atoms with Gasteiger partial charge in [0.25, 0.3) is 0 Å². The van der Waals surface area contributed by atoms with Crippen molar-refractivity contribution >= 4 is 46.6 Å². The van der Waals surface area contributed by atoms with E-state index in [0.717, 1.165) is 39.1 Å². The summed E-state index contributed by atoms with van der Waals surface area (Å²) in [5.74, 6) is -3.53. The van der Waals surface area contributed by atoms with Crippen LogP contribution in [-0.4, -0.2) is 28.7 Å². The van der Waals surface area contributed by atoms with Crippen molar-refractivity contribution < 1.29 is 14.4 Å². The number of nitrogens with one attached hydrogen (secondary N) is 1. The zero-order valence-corrected chi connectivity index (χ0v) is 22.9. The first-order chi connectivity index (χ1) is 18.2. The minimum Gasteiger partial charge on any atom is -0.324 e. The van der Waals surface area contributed by atoms with Gasteiger partial charge in [0.1, 0.15) is 15.8 Å². The molecule has 0 unspecified atom stereocenters. The molecule has 3 aromatic rings. The van der Waals surface area contributed by atoms with Gasteiger partial charge in [-0.3, -0.25) is 19.3 Å². The maximum Gasteiger partial charge on any atom is 0.247 e. The van der Waals surface area contributed by atoms with E-state index < -0.39 is 45.3 Å². The van der Waals surface area contributed by atoms with Gasteiger partial charge < -0.3 is 5.32 Å². The van der Waals surface area contributed by atoms with Gasteiger partial charge in [-0.25, -0.2) is 0 Å². The lowest BCUT2D eigenvalue weighted by Gasteiger charge is -2.54. The predicted molar refractivity (Wildman–Crippen MR) is 148 cm³/mol. The van der Waals surface area contributed by atoms with Crippen LogP contribution in [0.3, 0.4) is 0 Å². The average Bonchev–Trinajstić information content (AvgIpc) is 3.18. The van der Waals surface area contributed by atoms with Crippen LogP contribution in [0.25, 0.3) is 0 Å². The van der Waals surface area contributed by atoms with Crippen molar-refractivity contribution in [1.29, 1.82) is 0 Å². The normalized spacial score (nSPS) is 27.7. The Morgan fingerprint density at radius 1 is 0.816 bits per heavy atom. The molecule has 2 bridgehead atoms. The fraction of sp³-hybridized carbons (Fsp3) is 0.323. The number of carbonyl (C=O) groups is 3. The number of hydrogen-bond acceptors (Lipinski definition) is 3. The molecule has 7 rings (SSSR count). The Kier molecular flexibility index (Phi) is 5.75. The zero-order chi connectivity index (χ0) is 27.0. The number of hydrogen-bond donors (Lipinski definition) is 1. The third-order valence-corrected chi connectivity index (χ3v) is 9.74. The number of likely N-dealkylation sites (tertiary alicyclic amines) is 1. The summed E-state index contributed by atoms with van der Waals surface area (Å²) in [4.78, 5) is 41.0. The topological polar surface area (TPSA) is 66.5 Å². The molecule has 0 aromatic heterocycles. The van der Waals surface area contributed by atoms with Crippen molar-refractivity contribution in [3.63, 3.8) is 0 Å². The monoisotopic (exact) mass is 546 g/mol. The van der Waals surface area contributed by atoms with E-state index in [1.54, 1.807) is 0 Å². The number of rotatable bonds is 5. The maximum absolute atomic E-state index is 14.3. The van der Waals surface area contributed by atoms with Crippen LogP contribution in [0.2, 0.25) is 0 Å². The fourth-order valence-corrected chi connectivity index (χ4v) is 7.94. The van der Waals surface area contributed by atoms with Crippen molar-refractivity contribution in [3.05, 3.63) is 101 Å². The summed E-state index contributed by atoms with van der Waals surface area (Å²) >= 11 is 15.0. The molecule has 3 aromatic carbocycles. The van der Waals surface area contributed by atoms with Crippen molar-refractivity contribution in [2.45, 2.75) is 43.0 Å². The molecule has 1 heterocycles. The average molecular weight is 547 g/mol. The third kappa shape index (κ3) is 3.09. The lowest BCUT2D eigenvalue weighted by Crippen LogP contribution is -2.57. The van der Waals surface area contributed by atoms with Gasteiger partial charge in [0, 0.05) is 5.69 Å². The maximum atomic E-state index is 14.3. The molecule has 1 saturated heterocycles. The number of para-hydroxylation sites is 1. The number of imide groups is 1. The highest BCUT2D eigenvalue weighted by atomic mass is 35.5. The molecule has 7 heteroatoms. The standard InChI is InChI=1S/C31H28Cl2N2O3/c1-4-18-11-5-10-16-23(18)34-27(36)26(17(2)3)35-28(37)24-25(29(35)38)31(33)20-13-7-6-12-19(20)30(24,32)21-14-8-9-15-22(21)31/h5-17,24-26H,4H2,1-3H3,(H,34,36)/t24-,25-,26-,30?,31?/m0/s1. The van der Waals surface area contributed by atoms with E-state index in [-0.39, 0.29) is 5.92 Å². The Morgan fingerprint density at radius 2 is 1.24 bits per heavy atom. The molecule has 1 N–H and O–H groups in total. The summed E-state index contributed by atoms with van der Waals surface area (Å²) in [5, 5.41) is 2.98. The predicted octanol–water partition coefficient (Wildman–Crippen LogP) is 5.81. The largest absolute Gasteiger partial charge is 0.324 e. The second-order valence-corrected chi connectivity index (χ2v) is 11.9. The Hall–Kier alpha value is -3.15. The van der Waals surface area contributed by atoms with Crippen molar-refractivity contribution in [2.24, 2.45) is 17.8 Å². The Balaban J connectivity index is 1.48. The lowest BCUT2D eigenvalue weighted by molar-refractivity contribution is -0.148. The van der Waals surface area contributed by atoms with Crippen LogP contribution in [0.1, 0.15) is 48.6 Å². The van der Waals surface area contributed by atoms with Gasteiger partial charge in [-0.1, -0.05) is 87.5 Å². The van der Waals surface area contributed by atoms with Crippen LogP contribution in [0.4, 0.5) is 5.69 Å². The summed E-state index contributed by atoms with van der Waals surface area (Å²) in [6, 6.07) is 21.6. The van der Waals surface area contributed by atoms with Gasteiger partial charge in [-0.2, -0.15) is 0 Å². The molecule has 38 heavy (non-hydrogen) atoms. The summed E-state index contributed by atoms with van der Waals surface area (Å²) in [6.07, 6.45) is 0.731. The van der Waals surface area contributed by atoms with E-state index in [1.165, 1.54) is 0 Å². The highest BCUT2D eigenvalue weighted by Gasteiger charge is 2.73. The summed E-state index contributed by atoms with van der Waals surface area (Å²) in [6.45, 7) is 5.68. The van der Waals surface area contributed by atoms with Crippen LogP contribution in [0.5, 0.6) is 0 Å². The molecule has 4 aliphatic rings. The highest BCUT2D eigenvalue weighted by molar-refractivity contribution is 6.36. The summed E-state index contributed by atoms with van der Waals surface area (Å²) in [5.41, 5.74) is 4.59. The number of alkyl halides is 2. The minimum atomic E-state index is -1.27. The Morgan fingerprint density at radius 3 is 1.66 bits per heavy atom.